The largest absolute Gasteiger partial charge is 0.494 e. The van der Waals surface area contributed by atoms with Crippen LogP contribution in [-0.4, -0.2) is 24.8 Å². The molecule has 0 aliphatic heterocycles. The van der Waals surface area contributed by atoms with Crippen molar-refractivity contribution in [1.82, 2.24) is 0 Å². The summed E-state index contributed by atoms with van der Waals surface area (Å²) in [5, 5.41) is 0. The highest BCUT2D eigenvalue weighted by Crippen LogP contribution is 2.18. The van der Waals surface area contributed by atoms with E-state index in [0.717, 1.165) is 24.3 Å². The number of rotatable bonds is 27. The van der Waals surface area contributed by atoms with Crippen LogP contribution in [0.2, 0.25) is 0 Å². The standard InChI is InChI=1S/C38H58O4/c1-3-5-7-9-11-13-15-17-19-21-31-41-35-27-23-33(24-28-35)37(39)38(40)34-25-29-36(30-26-34)42-32-22-20-18-16-14-12-10-8-6-4-2/h23-30H,3-22,31-32H2,1-2H3. The zero-order valence-corrected chi connectivity index (χ0v) is 26.8. The molecule has 0 aliphatic rings. The molecule has 0 N–H and O–H groups in total. The molecular formula is C38H58O4. The predicted molar refractivity (Wildman–Crippen MR) is 176 cm³/mol. The van der Waals surface area contributed by atoms with Crippen molar-refractivity contribution in [3.05, 3.63) is 59.7 Å². The molecule has 0 spiro atoms. The maximum Gasteiger partial charge on any atom is 0.233 e. The summed E-state index contributed by atoms with van der Waals surface area (Å²) in [5.74, 6) is 0.461. The van der Waals surface area contributed by atoms with Gasteiger partial charge in [0, 0.05) is 11.1 Å². The molecule has 0 aromatic heterocycles. The maximum absolute atomic E-state index is 12.8. The lowest BCUT2D eigenvalue weighted by molar-refractivity contribution is 0.0817. The molecule has 2 rings (SSSR count). The first-order valence-corrected chi connectivity index (χ1v) is 17.2. The molecule has 234 valence electrons. The average Bonchev–Trinajstić information content (AvgIpc) is 3.02. The van der Waals surface area contributed by atoms with Gasteiger partial charge in [0.05, 0.1) is 13.2 Å². The molecule has 4 heteroatoms. The van der Waals surface area contributed by atoms with E-state index in [9.17, 15) is 9.59 Å². The Bertz CT molecular complexity index is 869. The Hall–Kier alpha value is -2.62. The van der Waals surface area contributed by atoms with Crippen LogP contribution in [-0.2, 0) is 0 Å². The molecule has 0 unspecified atom stereocenters. The van der Waals surface area contributed by atoms with E-state index in [4.69, 9.17) is 9.47 Å². The third-order valence-electron chi connectivity index (χ3n) is 7.97. The Morgan fingerprint density at radius 3 is 0.952 bits per heavy atom. The van der Waals surface area contributed by atoms with E-state index in [1.807, 2.05) is 0 Å². The van der Waals surface area contributed by atoms with Crippen LogP contribution >= 0.6 is 0 Å². The second-order valence-corrected chi connectivity index (χ2v) is 11.8. The van der Waals surface area contributed by atoms with E-state index in [-0.39, 0.29) is 0 Å². The molecule has 2 aromatic carbocycles. The molecule has 0 fully saturated rings. The SMILES string of the molecule is CCCCCCCCCCCCOc1ccc(C(=O)C(=O)c2ccc(OCCCCCCCCCCCC)cc2)cc1. The van der Waals surface area contributed by atoms with Gasteiger partial charge >= 0.3 is 0 Å². The summed E-state index contributed by atoms with van der Waals surface area (Å²) in [7, 11) is 0. The zero-order chi connectivity index (χ0) is 30.1. The molecule has 4 nitrogen and oxygen atoms in total. The summed E-state index contributed by atoms with van der Waals surface area (Å²) >= 11 is 0. The van der Waals surface area contributed by atoms with Crippen molar-refractivity contribution in [1.29, 1.82) is 0 Å². The highest BCUT2D eigenvalue weighted by Gasteiger charge is 2.18. The van der Waals surface area contributed by atoms with Crippen LogP contribution in [0.5, 0.6) is 11.5 Å². The fourth-order valence-electron chi connectivity index (χ4n) is 5.23. The second-order valence-electron chi connectivity index (χ2n) is 11.8. The van der Waals surface area contributed by atoms with E-state index >= 15 is 0 Å². The van der Waals surface area contributed by atoms with Gasteiger partial charge in [0.25, 0.3) is 0 Å². The smallest absolute Gasteiger partial charge is 0.233 e. The Balaban J connectivity index is 1.58. The quantitative estimate of drug-likeness (QED) is 0.0601. The van der Waals surface area contributed by atoms with Gasteiger partial charge in [-0.3, -0.25) is 9.59 Å². The van der Waals surface area contributed by atoms with Crippen molar-refractivity contribution >= 4 is 11.6 Å². The van der Waals surface area contributed by atoms with Gasteiger partial charge in [-0.1, -0.05) is 129 Å². The van der Waals surface area contributed by atoms with Crippen molar-refractivity contribution < 1.29 is 19.1 Å². The van der Waals surface area contributed by atoms with E-state index < -0.39 is 11.6 Å². The Morgan fingerprint density at radius 2 is 0.667 bits per heavy atom. The fraction of sp³-hybridized carbons (Fsp3) is 0.632. The summed E-state index contributed by atoms with van der Waals surface area (Å²) in [6.07, 6.45) is 25.9. The maximum atomic E-state index is 12.8. The molecule has 0 bridgehead atoms. The predicted octanol–water partition coefficient (Wildman–Crippen LogP) is 11.4. The minimum Gasteiger partial charge on any atom is -0.494 e. The summed E-state index contributed by atoms with van der Waals surface area (Å²) in [6, 6.07) is 13.8. The summed E-state index contributed by atoms with van der Waals surface area (Å²) < 4.78 is 11.7. The number of carbonyl (C=O) groups is 2. The van der Waals surface area contributed by atoms with Crippen LogP contribution < -0.4 is 9.47 Å². The average molecular weight is 579 g/mol. The van der Waals surface area contributed by atoms with Crippen LogP contribution in [0.25, 0.3) is 0 Å². The third kappa shape index (κ3) is 16.1. The minimum absolute atomic E-state index is 0.382. The van der Waals surface area contributed by atoms with E-state index in [0.29, 0.717) is 24.3 Å². The second kappa shape index (κ2) is 23.9. The number of unbranched alkanes of at least 4 members (excludes halogenated alkanes) is 18. The van der Waals surface area contributed by atoms with Gasteiger partial charge in [-0.2, -0.15) is 0 Å². The number of benzene rings is 2. The minimum atomic E-state index is -0.504. The van der Waals surface area contributed by atoms with Gasteiger partial charge in [-0.15, -0.1) is 0 Å². The Labute approximate surface area is 257 Å². The Kier molecular flexibility index (Phi) is 20.2. The molecule has 0 amide bonds. The Morgan fingerprint density at radius 1 is 0.405 bits per heavy atom. The van der Waals surface area contributed by atoms with Crippen LogP contribution in [0.1, 0.15) is 163 Å². The fourth-order valence-corrected chi connectivity index (χ4v) is 5.23. The number of hydrogen-bond acceptors (Lipinski definition) is 4. The van der Waals surface area contributed by atoms with E-state index in [1.54, 1.807) is 48.5 Å². The monoisotopic (exact) mass is 578 g/mol. The molecule has 0 aliphatic carbocycles. The van der Waals surface area contributed by atoms with Crippen LogP contribution in [0.15, 0.2) is 48.5 Å². The topological polar surface area (TPSA) is 52.6 Å². The number of hydrogen-bond donors (Lipinski definition) is 0. The molecule has 0 heterocycles. The first-order chi connectivity index (χ1) is 20.7. The lowest BCUT2D eigenvalue weighted by Gasteiger charge is -2.08. The van der Waals surface area contributed by atoms with Gasteiger partial charge in [-0.25, -0.2) is 0 Å². The van der Waals surface area contributed by atoms with Crippen molar-refractivity contribution in [3.63, 3.8) is 0 Å². The van der Waals surface area contributed by atoms with Gasteiger partial charge < -0.3 is 9.47 Å². The first-order valence-electron chi connectivity index (χ1n) is 17.2. The highest BCUT2D eigenvalue weighted by molar-refractivity contribution is 6.49. The molecule has 0 saturated heterocycles. The van der Waals surface area contributed by atoms with Crippen molar-refractivity contribution in [2.75, 3.05) is 13.2 Å². The molecule has 0 saturated carbocycles. The highest BCUT2D eigenvalue weighted by atomic mass is 16.5. The molecule has 42 heavy (non-hydrogen) atoms. The van der Waals surface area contributed by atoms with Gasteiger partial charge in [-0.05, 0) is 61.4 Å². The molecule has 0 atom stereocenters. The number of ether oxygens (including phenoxy) is 2. The van der Waals surface area contributed by atoms with Crippen molar-refractivity contribution in [2.24, 2.45) is 0 Å². The van der Waals surface area contributed by atoms with E-state index in [1.165, 1.54) is 116 Å². The van der Waals surface area contributed by atoms with Gasteiger partial charge in [0.15, 0.2) is 0 Å². The van der Waals surface area contributed by atoms with Crippen LogP contribution in [0, 0.1) is 0 Å². The van der Waals surface area contributed by atoms with Crippen LogP contribution in [0.4, 0.5) is 0 Å². The molecule has 0 radical (unpaired) electrons. The number of carbonyl (C=O) groups excluding carboxylic acids is 2. The molecular weight excluding hydrogens is 520 g/mol. The van der Waals surface area contributed by atoms with Crippen molar-refractivity contribution in [3.8, 4) is 11.5 Å². The zero-order valence-electron chi connectivity index (χ0n) is 26.8. The van der Waals surface area contributed by atoms with Gasteiger partial charge in [0.2, 0.25) is 11.6 Å². The lowest BCUT2D eigenvalue weighted by Crippen LogP contribution is -2.14. The molecule has 2 aromatic rings. The normalized spacial score (nSPS) is 11.0. The summed E-state index contributed by atoms with van der Waals surface area (Å²) in [4.78, 5) is 25.5. The number of ketones is 2. The van der Waals surface area contributed by atoms with E-state index in [2.05, 4.69) is 13.8 Å². The lowest BCUT2D eigenvalue weighted by atomic mass is 10.0. The summed E-state index contributed by atoms with van der Waals surface area (Å²) in [6.45, 7) is 5.87. The van der Waals surface area contributed by atoms with Gasteiger partial charge in [0.1, 0.15) is 11.5 Å². The number of Topliss-reactive ketones (excluding diaryl/α,β-unsaturated/α-hetero) is 2. The van der Waals surface area contributed by atoms with Crippen LogP contribution in [0.3, 0.4) is 0 Å². The van der Waals surface area contributed by atoms with Crippen molar-refractivity contribution in [2.45, 2.75) is 142 Å². The summed E-state index contributed by atoms with van der Waals surface area (Å²) in [5.41, 5.74) is 0.764. The third-order valence-corrected chi connectivity index (χ3v) is 7.97. The first kappa shape index (κ1) is 35.6.